The van der Waals surface area contributed by atoms with Crippen molar-refractivity contribution in [3.05, 3.63) is 22.7 Å². The average molecular weight is 212 g/mol. The quantitative estimate of drug-likeness (QED) is 0.716. The Hall–Kier alpha value is -1.22. The highest BCUT2D eigenvalue weighted by atomic mass is 35.5. The highest BCUT2D eigenvalue weighted by Crippen LogP contribution is 2.33. The van der Waals surface area contributed by atoms with Crippen LogP contribution in [-0.4, -0.2) is 12.5 Å². The zero-order valence-corrected chi connectivity index (χ0v) is 8.52. The van der Waals surface area contributed by atoms with Crippen LogP contribution >= 0.6 is 11.6 Å². The van der Waals surface area contributed by atoms with Gasteiger partial charge in [0.1, 0.15) is 5.75 Å². The molecular formula is C10H10ClNO2. The van der Waals surface area contributed by atoms with Crippen molar-refractivity contribution in [2.45, 2.75) is 13.3 Å². The van der Waals surface area contributed by atoms with Crippen LogP contribution in [-0.2, 0) is 4.79 Å². The highest BCUT2D eigenvalue weighted by Gasteiger charge is 2.16. The number of ether oxygens (including phenoxy) is 1. The molecule has 3 nitrogen and oxygen atoms in total. The first-order valence-electron chi connectivity index (χ1n) is 4.39. The Bertz CT molecular complexity index is 390. The van der Waals surface area contributed by atoms with Gasteiger partial charge in [0.25, 0.3) is 0 Å². The van der Waals surface area contributed by atoms with Crippen LogP contribution in [0.4, 0.5) is 5.69 Å². The summed E-state index contributed by atoms with van der Waals surface area (Å²) < 4.78 is 5.46. The predicted octanol–water partition coefficient (Wildman–Crippen LogP) is 2.37. The van der Waals surface area contributed by atoms with Gasteiger partial charge in [-0.3, -0.25) is 4.79 Å². The number of carbonyl (C=O) groups is 1. The Morgan fingerprint density at radius 3 is 3.07 bits per heavy atom. The lowest BCUT2D eigenvalue weighted by atomic mass is 10.2. The molecule has 0 atom stereocenters. The topological polar surface area (TPSA) is 38.3 Å². The molecule has 1 aromatic rings. The number of rotatable bonds is 0. The summed E-state index contributed by atoms with van der Waals surface area (Å²) in [4.78, 5) is 11.2. The number of aryl methyl sites for hydroxylation is 1. The lowest BCUT2D eigenvalue weighted by Crippen LogP contribution is -2.10. The second-order valence-corrected chi connectivity index (χ2v) is 3.68. The SMILES string of the molecule is Cc1cc(Cl)cc2c1OCCC(=O)N2. The minimum atomic E-state index is -0.0367. The first kappa shape index (κ1) is 9.34. The van der Waals surface area contributed by atoms with E-state index in [1.807, 2.05) is 13.0 Å². The van der Waals surface area contributed by atoms with Crippen molar-refractivity contribution in [2.24, 2.45) is 0 Å². The summed E-state index contributed by atoms with van der Waals surface area (Å²) in [5.41, 5.74) is 1.60. The smallest absolute Gasteiger partial charge is 0.227 e. The second-order valence-electron chi connectivity index (χ2n) is 3.25. The van der Waals surface area contributed by atoms with E-state index in [4.69, 9.17) is 16.3 Å². The molecule has 74 valence electrons. The molecule has 1 aromatic carbocycles. The number of nitrogens with one attached hydrogen (secondary N) is 1. The molecule has 0 fully saturated rings. The number of hydrogen-bond donors (Lipinski definition) is 1. The fraction of sp³-hybridized carbons (Fsp3) is 0.300. The molecule has 0 unspecified atom stereocenters. The number of hydrogen-bond acceptors (Lipinski definition) is 2. The van der Waals surface area contributed by atoms with Crippen molar-refractivity contribution in [3.8, 4) is 5.75 Å². The zero-order valence-electron chi connectivity index (χ0n) is 7.76. The van der Waals surface area contributed by atoms with Gasteiger partial charge in [-0.25, -0.2) is 0 Å². The third-order valence-corrected chi connectivity index (χ3v) is 2.31. The van der Waals surface area contributed by atoms with Gasteiger partial charge in [0, 0.05) is 5.02 Å². The van der Waals surface area contributed by atoms with Gasteiger partial charge in [-0.1, -0.05) is 11.6 Å². The monoisotopic (exact) mass is 211 g/mol. The molecule has 1 aliphatic rings. The first-order valence-corrected chi connectivity index (χ1v) is 4.77. The van der Waals surface area contributed by atoms with Crippen LogP contribution in [0.15, 0.2) is 12.1 Å². The molecular weight excluding hydrogens is 202 g/mol. The number of halogens is 1. The van der Waals surface area contributed by atoms with Crippen molar-refractivity contribution in [3.63, 3.8) is 0 Å². The van der Waals surface area contributed by atoms with Crippen LogP contribution in [0, 0.1) is 6.92 Å². The van der Waals surface area contributed by atoms with Gasteiger partial charge in [-0.2, -0.15) is 0 Å². The van der Waals surface area contributed by atoms with E-state index < -0.39 is 0 Å². The molecule has 0 saturated heterocycles. The summed E-state index contributed by atoms with van der Waals surface area (Å²) >= 11 is 5.88. The van der Waals surface area contributed by atoms with E-state index >= 15 is 0 Å². The summed E-state index contributed by atoms with van der Waals surface area (Å²) in [5, 5.41) is 3.36. The molecule has 0 saturated carbocycles. The van der Waals surface area contributed by atoms with Crippen molar-refractivity contribution in [2.75, 3.05) is 11.9 Å². The summed E-state index contributed by atoms with van der Waals surface area (Å²) in [6, 6.07) is 3.52. The Morgan fingerprint density at radius 2 is 2.29 bits per heavy atom. The lowest BCUT2D eigenvalue weighted by Gasteiger charge is -2.10. The maximum Gasteiger partial charge on any atom is 0.227 e. The van der Waals surface area contributed by atoms with Gasteiger partial charge in [0.2, 0.25) is 5.91 Å². The van der Waals surface area contributed by atoms with E-state index in [9.17, 15) is 4.79 Å². The first-order chi connectivity index (χ1) is 6.66. The molecule has 1 aliphatic heterocycles. The molecule has 0 aliphatic carbocycles. The molecule has 1 amide bonds. The maximum absolute atomic E-state index is 11.2. The molecule has 0 radical (unpaired) electrons. The van der Waals surface area contributed by atoms with Gasteiger partial charge >= 0.3 is 0 Å². The molecule has 2 rings (SSSR count). The molecule has 14 heavy (non-hydrogen) atoms. The summed E-state index contributed by atoms with van der Waals surface area (Å²) in [6.07, 6.45) is 0.381. The highest BCUT2D eigenvalue weighted by molar-refractivity contribution is 6.31. The van der Waals surface area contributed by atoms with Crippen LogP contribution in [0.2, 0.25) is 5.02 Å². The zero-order chi connectivity index (χ0) is 10.1. The van der Waals surface area contributed by atoms with Crippen LogP contribution in [0.25, 0.3) is 0 Å². The Balaban J connectivity index is 2.50. The Labute approximate surface area is 87.0 Å². The van der Waals surface area contributed by atoms with Gasteiger partial charge in [0.15, 0.2) is 0 Å². The second kappa shape index (κ2) is 3.50. The van der Waals surface area contributed by atoms with Crippen LogP contribution in [0.5, 0.6) is 5.75 Å². The third-order valence-electron chi connectivity index (χ3n) is 2.09. The molecule has 0 aromatic heterocycles. The number of anilines is 1. The standard InChI is InChI=1S/C10H10ClNO2/c1-6-4-7(11)5-8-10(6)14-3-2-9(13)12-8/h4-5H,2-3H2,1H3,(H,12,13). The van der Waals surface area contributed by atoms with Crippen molar-refractivity contribution < 1.29 is 9.53 Å². The molecule has 0 bridgehead atoms. The average Bonchev–Trinajstić information content (AvgIpc) is 2.25. The number of carbonyl (C=O) groups excluding carboxylic acids is 1. The van der Waals surface area contributed by atoms with Crippen molar-refractivity contribution >= 4 is 23.2 Å². The summed E-state index contributed by atoms with van der Waals surface area (Å²) in [7, 11) is 0. The Kier molecular flexibility index (Phi) is 2.33. The van der Waals surface area contributed by atoms with Crippen molar-refractivity contribution in [1.82, 2.24) is 0 Å². The fourth-order valence-electron chi connectivity index (χ4n) is 1.47. The van der Waals surface area contributed by atoms with Gasteiger partial charge in [0.05, 0.1) is 18.7 Å². The number of fused-ring (bicyclic) bond motifs is 1. The van der Waals surface area contributed by atoms with Crippen LogP contribution in [0.1, 0.15) is 12.0 Å². The number of benzene rings is 1. The fourth-order valence-corrected chi connectivity index (χ4v) is 1.75. The van der Waals surface area contributed by atoms with E-state index in [0.29, 0.717) is 23.7 Å². The van der Waals surface area contributed by atoms with E-state index in [2.05, 4.69) is 5.32 Å². The van der Waals surface area contributed by atoms with E-state index in [1.165, 1.54) is 0 Å². The molecule has 1 heterocycles. The number of amides is 1. The largest absolute Gasteiger partial charge is 0.491 e. The van der Waals surface area contributed by atoms with Gasteiger partial charge in [-0.05, 0) is 24.6 Å². The normalized spacial score (nSPS) is 15.1. The predicted molar refractivity (Wildman–Crippen MR) is 54.9 cm³/mol. The minimum absolute atomic E-state index is 0.0367. The Morgan fingerprint density at radius 1 is 1.50 bits per heavy atom. The summed E-state index contributed by atoms with van der Waals surface area (Å²) in [6.45, 7) is 2.32. The van der Waals surface area contributed by atoms with E-state index in [-0.39, 0.29) is 5.91 Å². The van der Waals surface area contributed by atoms with Crippen molar-refractivity contribution in [1.29, 1.82) is 0 Å². The van der Waals surface area contributed by atoms with E-state index in [1.54, 1.807) is 6.07 Å². The van der Waals surface area contributed by atoms with Gasteiger partial charge in [-0.15, -0.1) is 0 Å². The third kappa shape index (κ3) is 1.68. The van der Waals surface area contributed by atoms with Crippen LogP contribution < -0.4 is 10.1 Å². The van der Waals surface area contributed by atoms with E-state index in [0.717, 1.165) is 11.3 Å². The van der Waals surface area contributed by atoms with Gasteiger partial charge < -0.3 is 10.1 Å². The molecule has 4 heteroatoms. The lowest BCUT2D eigenvalue weighted by molar-refractivity contribution is -0.116. The molecule has 0 spiro atoms. The summed E-state index contributed by atoms with van der Waals surface area (Å²) in [5.74, 6) is 0.686. The molecule has 1 N–H and O–H groups in total. The maximum atomic E-state index is 11.2. The van der Waals surface area contributed by atoms with Crippen LogP contribution in [0.3, 0.4) is 0 Å². The minimum Gasteiger partial charge on any atom is -0.491 e.